The third-order valence-electron chi connectivity index (χ3n) is 2.42. The molecule has 0 fully saturated rings. The Bertz CT molecular complexity index is 242. The van der Waals surface area contributed by atoms with Crippen LogP contribution in [0, 0.1) is 0 Å². The number of imidazole rings is 1. The topological polar surface area (TPSA) is 43.8 Å². The van der Waals surface area contributed by atoms with E-state index in [2.05, 4.69) is 16.5 Å². The molecule has 0 aromatic carbocycles. The predicted molar refractivity (Wildman–Crippen MR) is 60.0 cm³/mol. The fraction of sp³-hybridized carbons (Fsp3) is 0.727. The van der Waals surface area contributed by atoms with Gasteiger partial charge in [0.25, 0.3) is 0 Å². The molecule has 0 saturated carbocycles. The smallest absolute Gasteiger partial charge is 0.141 e. The lowest BCUT2D eigenvalue weighted by atomic mass is 10.1. The molecule has 0 atom stereocenters. The number of hydrogen-bond donors (Lipinski definition) is 1. The van der Waals surface area contributed by atoms with Crippen LogP contribution in [0.4, 0.5) is 5.82 Å². The quantitative estimate of drug-likeness (QED) is 0.680. The maximum atomic E-state index is 5.52. The van der Waals surface area contributed by atoms with E-state index < -0.39 is 0 Å². The Morgan fingerprint density at radius 1 is 1.21 bits per heavy atom. The molecule has 14 heavy (non-hydrogen) atoms. The molecule has 0 spiro atoms. The highest BCUT2D eigenvalue weighted by molar-refractivity contribution is 5.22. The number of unbranched alkanes of at least 4 members (excludes halogenated alkanes) is 5. The van der Waals surface area contributed by atoms with Crippen molar-refractivity contribution < 1.29 is 0 Å². The molecule has 1 rings (SSSR count). The van der Waals surface area contributed by atoms with Gasteiger partial charge in [0.05, 0.1) is 6.33 Å². The molecule has 2 N–H and O–H groups in total. The summed E-state index contributed by atoms with van der Waals surface area (Å²) in [5.41, 5.74) is 5.52. The monoisotopic (exact) mass is 195 g/mol. The Kier molecular flexibility index (Phi) is 5.12. The molecule has 0 aliphatic carbocycles. The molecular weight excluding hydrogens is 174 g/mol. The first kappa shape index (κ1) is 11.1. The number of aromatic nitrogens is 2. The summed E-state index contributed by atoms with van der Waals surface area (Å²) in [5, 5.41) is 0. The highest BCUT2D eigenvalue weighted by Crippen LogP contribution is 2.06. The number of nitrogen functional groups attached to an aromatic ring is 1. The van der Waals surface area contributed by atoms with Gasteiger partial charge in [-0.1, -0.05) is 39.0 Å². The zero-order valence-electron chi connectivity index (χ0n) is 9.08. The molecule has 0 unspecified atom stereocenters. The summed E-state index contributed by atoms with van der Waals surface area (Å²) < 4.78 is 2.06. The van der Waals surface area contributed by atoms with Crippen molar-refractivity contribution in [1.29, 1.82) is 0 Å². The van der Waals surface area contributed by atoms with Gasteiger partial charge in [0.2, 0.25) is 0 Å². The second-order valence-corrected chi connectivity index (χ2v) is 3.80. The maximum Gasteiger partial charge on any atom is 0.141 e. The molecule has 3 nitrogen and oxygen atoms in total. The van der Waals surface area contributed by atoms with Gasteiger partial charge < -0.3 is 10.3 Å². The molecule has 0 amide bonds. The van der Waals surface area contributed by atoms with Crippen molar-refractivity contribution in [3.8, 4) is 0 Å². The first-order valence-corrected chi connectivity index (χ1v) is 5.60. The highest BCUT2D eigenvalue weighted by atomic mass is 15.1. The van der Waals surface area contributed by atoms with E-state index in [1.54, 1.807) is 6.33 Å². The fourth-order valence-corrected chi connectivity index (χ4v) is 1.57. The molecule has 1 aromatic heterocycles. The van der Waals surface area contributed by atoms with Gasteiger partial charge in [-0.15, -0.1) is 0 Å². The Morgan fingerprint density at radius 3 is 2.57 bits per heavy atom. The standard InChI is InChI=1S/C11H21N3/c1-2-3-4-5-6-7-8-14-9-11(12)13-10-14/h9-10H,2-8,12H2,1H3. The summed E-state index contributed by atoms with van der Waals surface area (Å²) in [6.45, 7) is 3.30. The molecule has 80 valence electrons. The summed E-state index contributed by atoms with van der Waals surface area (Å²) in [7, 11) is 0. The normalized spacial score (nSPS) is 10.6. The van der Waals surface area contributed by atoms with Crippen molar-refractivity contribution in [3.05, 3.63) is 12.5 Å². The van der Waals surface area contributed by atoms with Crippen LogP contribution in [0.5, 0.6) is 0 Å². The second-order valence-electron chi connectivity index (χ2n) is 3.80. The maximum absolute atomic E-state index is 5.52. The van der Waals surface area contributed by atoms with Crippen molar-refractivity contribution in [2.24, 2.45) is 0 Å². The van der Waals surface area contributed by atoms with E-state index >= 15 is 0 Å². The summed E-state index contributed by atoms with van der Waals surface area (Å²) in [6.07, 6.45) is 11.7. The van der Waals surface area contributed by atoms with Gasteiger partial charge in [-0.2, -0.15) is 0 Å². The number of rotatable bonds is 7. The van der Waals surface area contributed by atoms with Crippen molar-refractivity contribution >= 4 is 5.82 Å². The van der Waals surface area contributed by atoms with Crippen LogP contribution in [-0.2, 0) is 6.54 Å². The minimum atomic E-state index is 0.621. The van der Waals surface area contributed by atoms with Crippen LogP contribution in [0.25, 0.3) is 0 Å². The molecule has 3 heteroatoms. The van der Waals surface area contributed by atoms with Crippen LogP contribution in [0.1, 0.15) is 45.4 Å². The first-order chi connectivity index (χ1) is 6.83. The zero-order valence-corrected chi connectivity index (χ0v) is 9.08. The SMILES string of the molecule is CCCCCCCCn1cnc(N)c1. The Hall–Kier alpha value is -0.990. The van der Waals surface area contributed by atoms with Crippen LogP contribution >= 0.6 is 0 Å². The van der Waals surface area contributed by atoms with Crippen LogP contribution in [-0.4, -0.2) is 9.55 Å². The molecule has 0 aliphatic rings. The van der Waals surface area contributed by atoms with Gasteiger partial charge in [-0.3, -0.25) is 0 Å². The molecule has 0 bridgehead atoms. The zero-order chi connectivity index (χ0) is 10.2. The molecular formula is C11H21N3. The van der Waals surface area contributed by atoms with Crippen molar-refractivity contribution in [2.45, 2.75) is 52.0 Å². The lowest BCUT2D eigenvalue weighted by molar-refractivity contribution is 0.558. The van der Waals surface area contributed by atoms with E-state index in [0.717, 1.165) is 6.54 Å². The summed E-state index contributed by atoms with van der Waals surface area (Å²) in [5.74, 6) is 0.621. The van der Waals surface area contributed by atoms with E-state index in [9.17, 15) is 0 Å². The van der Waals surface area contributed by atoms with Gasteiger partial charge in [0, 0.05) is 12.7 Å². The minimum absolute atomic E-state index is 0.621. The van der Waals surface area contributed by atoms with E-state index in [-0.39, 0.29) is 0 Å². The van der Waals surface area contributed by atoms with E-state index in [4.69, 9.17) is 5.73 Å². The van der Waals surface area contributed by atoms with Gasteiger partial charge >= 0.3 is 0 Å². The van der Waals surface area contributed by atoms with Crippen LogP contribution in [0.15, 0.2) is 12.5 Å². The summed E-state index contributed by atoms with van der Waals surface area (Å²) >= 11 is 0. The third kappa shape index (κ3) is 4.30. The highest BCUT2D eigenvalue weighted by Gasteiger charge is 1.94. The largest absolute Gasteiger partial charge is 0.382 e. The number of aryl methyl sites for hydroxylation is 1. The first-order valence-electron chi connectivity index (χ1n) is 5.60. The van der Waals surface area contributed by atoms with E-state index in [1.807, 2.05) is 6.20 Å². The lowest BCUT2D eigenvalue weighted by Gasteiger charge is -2.01. The fourth-order valence-electron chi connectivity index (χ4n) is 1.57. The molecule has 0 radical (unpaired) electrons. The Labute approximate surface area is 86.3 Å². The number of hydrogen-bond acceptors (Lipinski definition) is 2. The molecule has 1 aromatic rings. The van der Waals surface area contributed by atoms with Crippen molar-refractivity contribution in [2.75, 3.05) is 5.73 Å². The summed E-state index contributed by atoms with van der Waals surface area (Å²) in [6, 6.07) is 0. The average Bonchev–Trinajstić information content (AvgIpc) is 2.58. The van der Waals surface area contributed by atoms with Crippen molar-refractivity contribution in [3.63, 3.8) is 0 Å². The van der Waals surface area contributed by atoms with Crippen molar-refractivity contribution in [1.82, 2.24) is 9.55 Å². The second kappa shape index (κ2) is 6.46. The van der Waals surface area contributed by atoms with E-state index in [0.29, 0.717) is 5.82 Å². The molecule has 0 saturated heterocycles. The lowest BCUT2D eigenvalue weighted by Crippen LogP contribution is -1.94. The Morgan fingerprint density at radius 2 is 1.93 bits per heavy atom. The molecule has 0 aliphatic heterocycles. The number of anilines is 1. The average molecular weight is 195 g/mol. The van der Waals surface area contributed by atoms with Crippen LogP contribution in [0.3, 0.4) is 0 Å². The Balaban J connectivity index is 1.99. The van der Waals surface area contributed by atoms with Gasteiger partial charge in [0.1, 0.15) is 5.82 Å². The molecule has 1 heterocycles. The summed E-state index contributed by atoms with van der Waals surface area (Å²) in [4.78, 5) is 3.99. The third-order valence-corrected chi connectivity index (χ3v) is 2.42. The number of nitrogens with zero attached hydrogens (tertiary/aromatic N) is 2. The van der Waals surface area contributed by atoms with Gasteiger partial charge in [-0.25, -0.2) is 4.98 Å². The predicted octanol–water partition coefficient (Wildman–Crippen LogP) is 2.83. The van der Waals surface area contributed by atoms with Crippen LogP contribution in [0.2, 0.25) is 0 Å². The van der Waals surface area contributed by atoms with Crippen LogP contribution < -0.4 is 5.73 Å². The van der Waals surface area contributed by atoms with Gasteiger partial charge in [-0.05, 0) is 6.42 Å². The number of nitrogens with two attached hydrogens (primary N) is 1. The van der Waals surface area contributed by atoms with Gasteiger partial charge in [0.15, 0.2) is 0 Å². The minimum Gasteiger partial charge on any atom is -0.382 e. The van der Waals surface area contributed by atoms with E-state index in [1.165, 1.54) is 38.5 Å².